The van der Waals surface area contributed by atoms with Gasteiger partial charge in [-0.05, 0) is 0 Å². The minimum Gasteiger partial charge on any atom is -0.384 e. The molecule has 3 nitrogen and oxygen atoms in total. The van der Waals surface area contributed by atoms with Crippen molar-refractivity contribution in [1.29, 1.82) is 0 Å². The summed E-state index contributed by atoms with van der Waals surface area (Å²) < 4.78 is 9.68. The Morgan fingerprint density at radius 3 is 2.30 bits per heavy atom. The van der Waals surface area contributed by atoms with Gasteiger partial charge in [0.2, 0.25) is 0 Å². The molecule has 0 fully saturated rings. The molecule has 0 amide bonds. The van der Waals surface area contributed by atoms with Gasteiger partial charge in [-0.15, -0.1) is 0 Å². The Morgan fingerprint density at radius 1 is 1.30 bits per heavy atom. The van der Waals surface area contributed by atoms with Gasteiger partial charge in [0.15, 0.2) is 6.29 Å². The second-order valence-electron chi connectivity index (χ2n) is 1.62. The van der Waals surface area contributed by atoms with Gasteiger partial charge in [0.05, 0.1) is 6.42 Å². The number of aliphatic hydroxyl groups is 1. The number of ether oxygens (including phenoxy) is 2. The second kappa shape index (κ2) is 6.56. The van der Waals surface area contributed by atoms with Crippen LogP contribution in [0.4, 0.5) is 0 Å². The predicted octanol–water partition coefficient (Wildman–Crippen LogP) is -0.00890. The molecular formula is C7H12O3. The van der Waals surface area contributed by atoms with Gasteiger partial charge >= 0.3 is 0 Å². The van der Waals surface area contributed by atoms with Gasteiger partial charge in [-0.1, -0.05) is 11.8 Å². The molecule has 0 heterocycles. The summed E-state index contributed by atoms with van der Waals surface area (Å²) in [6.07, 6.45) is 0.215. The van der Waals surface area contributed by atoms with Crippen molar-refractivity contribution in [2.75, 3.05) is 20.8 Å². The van der Waals surface area contributed by atoms with Crippen LogP contribution in [-0.4, -0.2) is 32.2 Å². The summed E-state index contributed by atoms with van der Waals surface area (Å²) in [4.78, 5) is 0. The molecule has 0 bridgehead atoms. The minimum atomic E-state index is -0.279. The average Bonchev–Trinajstić information content (AvgIpc) is 1.99. The van der Waals surface area contributed by atoms with E-state index in [9.17, 15) is 0 Å². The molecule has 0 aliphatic rings. The van der Waals surface area contributed by atoms with E-state index < -0.39 is 0 Å². The SMILES string of the molecule is COC(CC#CCO)OC. The Hall–Kier alpha value is -0.560. The Morgan fingerprint density at radius 2 is 1.90 bits per heavy atom. The largest absolute Gasteiger partial charge is 0.384 e. The molecule has 0 aromatic carbocycles. The first-order chi connectivity index (χ1) is 4.85. The topological polar surface area (TPSA) is 38.7 Å². The van der Waals surface area contributed by atoms with Gasteiger partial charge < -0.3 is 14.6 Å². The van der Waals surface area contributed by atoms with Crippen LogP contribution in [-0.2, 0) is 9.47 Å². The molecule has 0 rings (SSSR count). The quantitative estimate of drug-likeness (QED) is 0.447. The van der Waals surface area contributed by atoms with E-state index in [1.165, 1.54) is 0 Å². The van der Waals surface area contributed by atoms with E-state index in [1.54, 1.807) is 14.2 Å². The minimum absolute atomic E-state index is 0.111. The van der Waals surface area contributed by atoms with Crippen molar-refractivity contribution in [3.8, 4) is 11.8 Å². The van der Waals surface area contributed by atoms with E-state index in [1.807, 2.05) is 0 Å². The lowest BCUT2D eigenvalue weighted by atomic mass is 10.4. The molecule has 0 radical (unpaired) electrons. The standard InChI is InChI=1S/C7H12O3/c1-9-7(10-2)5-3-4-6-8/h7-8H,5-6H2,1-2H3. The molecule has 0 spiro atoms. The van der Waals surface area contributed by atoms with Crippen molar-refractivity contribution in [1.82, 2.24) is 0 Å². The fraction of sp³-hybridized carbons (Fsp3) is 0.714. The smallest absolute Gasteiger partial charge is 0.167 e. The third-order valence-corrected chi connectivity index (χ3v) is 0.999. The molecule has 0 aliphatic carbocycles. The highest BCUT2D eigenvalue weighted by molar-refractivity contribution is 4.99. The Labute approximate surface area is 60.9 Å². The van der Waals surface area contributed by atoms with Gasteiger partial charge in [0.25, 0.3) is 0 Å². The van der Waals surface area contributed by atoms with Crippen LogP contribution in [0.1, 0.15) is 6.42 Å². The zero-order valence-corrected chi connectivity index (χ0v) is 6.26. The summed E-state index contributed by atoms with van der Waals surface area (Å²) in [7, 11) is 3.10. The van der Waals surface area contributed by atoms with Crippen LogP contribution in [0.2, 0.25) is 0 Å². The van der Waals surface area contributed by atoms with Crippen molar-refractivity contribution < 1.29 is 14.6 Å². The van der Waals surface area contributed by atoms with E-state index in [0.717, 1.165) is 0 Å². The molecule has 58 valence electrons. The molecule has 0 atom stereocenters. The van der Waals surface area contributed by atoms with Crippen molar-refractivity contribution in [2.24, 2.45) is 0 Å². The highest BCUT2D eigenvalue weighted by Gasteiger charge is 1.99. The highest BCUT2D eigenvalue weighted by Crippen LogP contribution is 1.94. The lowest BCUT2D eigenvalue weighted by molar-refractivity contribution is -0.0972. The Bertz CT molecular complexity index is 119. The molecule has 0 aromatic rings. The van der Waals surface area contributed by atoms with Crippen molar-refractivity contribution >= 4 is 0 Å². The van der Waals surface area contributed by atoms with Gasteiger partial charge in [-0.2, -0.15) is 0 Å². The maximum Gasteiger partial charge on any atom is 0.167 e. The zero-order valence-electron chi connectivity index (χ0n) is 6.26. The summed E-state index contributed by atoms with van der Waals surface area (Å²) >= 11 is 0. The molecule has 0 unspecified atom stereocenters. The molecule has 0 aromatic heterocycles. The number of hydrogen-bond acceptors (Lipinski definition) is 3. The van der Waals surface area contributed by atoms with Gasteiger partial charge in [-0.25, -0.2) is 0 Å². The number of aliphatic hydroxyl groups excluding tert-OH is 1. The van der Waals surface area contributed by atoms with Gasteiger partial charge in [-0.3, -0.25) is 0 Å². The van der Waals surface area contributed by atoms with Crippen LogP contribution >= 0.6 is 0 Å². The van der Waals surface area contributed by atoms with Crippen LogP contribution in [0.3, 0.4) is 0 Å². The van der Waals surface area contributed by atoms with Crippen LogP contribution in [0.25, 0.3) is 0 Å². The molecular weight excluding hydrogens is 132 g/mol. The lowest BCUT2D eigenvalue weighted by Gasteiger charge is -2.07. The molecule has 10 heavy (non-hydrogen) atoms. The number of rotatable bonds is 3. The second-order valence-corrected chi connectivity index (χ2v) is 1.62. The van der Waals surface area contributed by atoms with Crippen molar-refractivity contribution in [2.45, 2.75) is 12.7 Å². The van der Waals surface area contributed by atoms with E-state index in [2.05, 4.69) is 11.8 Å². The first-order valence-corrected chi connectivity index (χ1v) is 2.97. The van der Waals surface area contributed by atoms with E-state index in [-0.39, 0.29) is 12.9 Å². The van der Waals surface area contributed by atoms with E-state index in [4.69, 9.17) is 14.6 Å². The third-order valence-electron chi connectivity index (χ3n) is 0.999. The summed E-state index contributed by atoms with van der Waals surface area (Å²) in [6.45, 7) is -0.111. The fourth-order valence-electron chi connectivity index (χ4n) is 0.474. The molecule has 3 heteroatoms. The Kier molecular flexibility index (Phi) is 6.19. The summed E-state index contributed by atoms with van der Waals surface area (Å²) in [5.74, 6) is 5.18. The van der Waals surface area contributed by atoms with Crippen molar-refractivity contribution in [3.05, 3.63) is 0 Å². The van der Waals surface area contributed by atoms with Crippen LogP contribution < -0.4 is 0 Å². The number of methoxy groups -OCH3 is 2. The zero-order chi connectivity index (χ0) is 7.82. The predicted molar refractivity (Wildman–Crippen MR) is 37.3 cm³/mol. The summed E-state index contributed by atoms with van der Waals surface area (Å²) in [5, 5.41) is 8.27. The van der Waals surface area contributed by atoms with E-state index >= 15 is 0 Å². The molecule has 0 saturated carbocycles. The lowest BCUT2D eigenvalue weighted by Crippen LogP contribution is -2.11. The third kappa shape index (κ3) is 4.33. The highest BCUT2D eigenvalue weighted by atomic mass is 16.7. The maximum absolute atomic E-state index is 8.27. The average molecular weight is 144 g/mol. The van der Waals surface area contributed by atoms with Crippen LogP contribution in [0.15, 0.2) is 0 Å². The van der Waals surface area contributed by atoms with Gasteiger partial charge in [0.1, 0.15) is 6.61 Å². The normalized spacial score (nSPS) is 9.20. The maximum atomic E-state index is 8.27. The first kappa shape index (κ1) is 9.44. The fourth-order valence-corrected chi connectivity index (χ4v) is 0.474. The molecule has 1 N–H and O–H groups in total. The Balaban J connectivity index is 3.43. The molecule has 0 aliphatic heterocycles. The summed E-state index contributed by atoms with van der Waals surface area (Å²) in [6, 6.07) is 0. The number of hydrogen-bond donors (Lipinski definition) is 1. The van der Waals surface area contributed by atoms with E-state index in [0.29, 0.717) is 6.42 Å². The summed E-state index contributed by atoms with van der Waals surface area (Å²) in [5.41, 5.74) is 0. The molecule has 0 saturated heterocycles. The van der Waals surface area contributed by atoms with Crippen molar-refractivity contribution in [3.63, 3.8) is 0 Å². The van der Waals surface area contributed by atoms with Gasteiger partial charge in [0, 0.05) is 14.2 Å². The monoisotopic (exact) mass is 144 g/mol. The van der Waals surface area contributed by atoms with Crippen LogP contribution in [0, 0.1) is 11.8 Å². The van der Waals surface area contributed by atoms with Crippen LogP contribution in [0.5, 0.6) is 0 Å². The first-order valence-electron chi connectivity index (χ1n) is 2.97.